The predicted molar refractivity (Wildman–Crippen MR) is 171 cm³/mol. The molecule has 1 saturated heterocycles. The molecule has 232 valence electrons. The van der Waals surface area contributed by atoms with Crippen LogP contribution < -0.4 is 5.32 Å². The Kier molecular flexibility index (Phi) is 24.6. The van der Waals surface area contributed by atoms with Gasteiger partial charge in [0.1, 0.15) is 5.60 Å². The number of piperidine rings is 1. The number of esters is 1. The van der Waals surface area contributed by atoms with Gasteiger partial charge in [-0.2, -0.15) is 0 Å². The van der Waals surface area contributed by atoms with E-state index < -0.39 is 0 Å². The zero-order valence-electron chi connectivity index (χ0n) is 27.1. The number of carbonyl (C=O) groups is 1. The van der Waals surface area contributed by atoms with Gasteiger partial charge in [-0.1, -0.05) is 161 Å². The van der Waals surface area contributed by atoms with Crippen LogP contribution in [0.4, 0.5) is 0 Å². The van der Waals surface area contributed by atoms with E-state index in [4.69, 9.17) is 4.74 Å². The molecular weight excluding hydrogens is 478 g/mol. The predicted octanol–water partition coefficient (Wildman–Crippen LogP) is 11.5. The highest BCUT2D eigenvalue weighted by molar-refractivity contribution is 5.69. The van der Waals surface area contributed by atoms with Crippen LogP contribution in [0.25, 0.3) is 0 Å². The number of unbranched alkanes of at least 4 members (excludes halogenated alkanes) is 24. The second-order valence-electron chi connectivity index (χ2n) is 13.3. The molecule has 1 N–H and O–H groups in total. The van der Waals surface area contributed by atoms with Gasteiger partial charge < -0.3 is 10.1 Å². The Bertz CT molecular complexity index is 526. The normalized spacial score (nSPS) is 14.6. The highest BCUT2D eigenvalue weighted by Crippen LogP contribution is 2.29. The van der Waals surface area contributed by atoms with Crippen LogP contribution in [0.1, 0.15) is 201 Å². The van der Waals surface area contributed by atoms with Crippen LogP contribution in [0.15, 0.2) is 0 Å². The summed E-state index contributed by atoms with van der Waals surface area (Å²) in [5.41, 5.74) is -0.314. The summed E-state index contributed by atoms with van der Waals surface area (Å²) in [5, 5.41) is 3.40. The molecule has 1 rings (SSSR count). The fourth-order valence-electron chi connectivity index (χ4n) is 6.35. The van der Waals surface area contributed by atoms with Crippen LogP contribution in [0.5, 0.6) is 0 Å². The fraction of sp³-hybridized carbons (Fsp3) is 0.972. The summed E-state index contributed by atoms with van der Waals surface area (Å²) in [6.45, 7) is 8.59. The van der Waals surface area contributed by atoms with E-state index in [1.807, 2.05) is 0 Å². The van der Waals surface area contributed by atoms with Crippen LogP contribution in [0, 0.1) is 5.92 Å². The minimum absolute atomic E-state index is 0.00705. The molecule has 0 atom stereocenters. The van der Waals surface area contributed by atoms with Crippen molar-refractivity contribution in [1.82, 2.24) is 5.32 Å². The van der Waals surface area contributed by atoms with Crippen molar-refractivity contribution in [3.05, 3.63) is 0 Å². The van der Waals surface area contributed by atoms with Gasteiger partial charge in [-0.25, -0.2) is 0 Å². The molecule has 1 aliphatic heterocycles. The van der Waals surface area contributed by atoms with Crippen LogP contribution in [0.2, 0.25) is 0 Å². The Hall–Kier alpha value is -0.570. The second kappa shape index (κ2) is 26.3. The second-order valence-corrected chi connectivity index (χ2v) is 13.3. The van der Waals surface area contributed by atoms with Gasteiger partial charge in [-0.3, -0.25) is 4.79 Å². The van der Waals surface area contributed by atoms with Crippen LogP contribution in [0.3, 0.4) is 0 Å². The van der Waals surface area contributed by atoms with Gasteiger partial charge in [0.25, 0.3) is 0 Å². The van der Waals surface area contributed by atoms with E-state index in [0.29, 0.717) is 12.3 Å². The zero-order chi connectivity index (χ0) is 28.3. The van der Waals surface area contributed by atoms with E-state index >= 15 is 0 Å². The third-order valence-corrected chi connectivity index (χ3v) is 9.18. The van der Waals surface area contributed by atoms with E-state index in [9.17, 15) is 4.79 Å². The highest BCUT2D eigenvalue weighted by Gasteiger charge is 2.33. The molecular formula is C36H71NO2. The molecule has 0 saturated carbocycles. The molecule has 3 heteroatoms. The van der Waals surface area contributed by atoms with Gasteiger partial charge in [0, 0.05) is 12.3 Å². The van der Waals surface area contributed by atoms with Gasteiger partial charge in [-0.05, 0) is 46.2 Å². The van der Waals surface area contributed by atoms with E-state index in [2.05, 4.69) is 26.1 Å². The number of ether oxygens (including phenoxy) is 1. The number of rotatable bonds is 28. The minimum atomic E-state index is -0.314. The highest BCUT2D eigenvalue weighted by atomic mass is 16.6. The van der Waals surface area contributed by atoms with Gasteiger partial charge in [0.05, 0.1) is 0 Å². The average molecular weight is 550 g/mol. The summed E-state index contributed by atoms with van der Waals surface area (Å²) in [6, 6.07) is 0. The van der Waals surface area contributed by atoms with Crippen molar-refractivity contribution < 1.29 is 9.53 Å². The number of carbonyl (C=O) groups excluding carboxylic acids is 1. The molecule has 1 fully saturated rings. The molecule has 39 heavy (non-hydrogen) atoms. The Labute approximate surface area is 245 Å². The van der Waals surface area contributed by atoms with E-state index in [1.165, 1.54) is 154 Å². The maximum atomic E-state index is 12.3. The lowest BCUT2D eigenvalue weighted by atomic mass is 9.83. The fourth-order valence-corrected chi connectivity index (χ4v) is 6.35. The molecule has 0 amide bonds. The summed E-state index contributed by atoms with van der Waals surface area (Å²) in [4.78, 5) is 12.3. The van der Waals surface area contributed by atoms with Crippen molar-refractivity contribution in [2.45, 2.75) is 206 Å². The first kappa shape index (κ1) is 36.5. The summed E-state index contributed by atoms with van der Waals surface area (Å²) in [7, 11) is 0. The summed E-state index contributed by atoms with van der Waals surface area (Å²) >= 11 is 0. The SMILES string of the molecule is CCCCCCCCCCCCCCCCCCCCCCCCCCCC(=O)OC(C)(C)C1CCNCC1. The Morgan fingerprint density at radius 3 is 1.21 bits per heavy atom. The van der Waals surface area contributed by atoms with Crippen LogP contribution in [-0.2, 0) is 9.53 Å². The zero-order valence-corrected chi connectivity index (χ0v) is 27.1. The van der Waals surface area contributed by atoms with Crippen molar-refractivity contribution in [1.29, 1.82) is 0 Å². The Morgan fingerprint density at radius 2 is 0.872 bits per heavy atom. The Morgan fingerprint density at radius 1 is 0.564 bits per heavy atom. The van der Waals surface area contributed by atoms with Crippen molar-refractivity contribution >= 4 is 5.97 Å². The molecule has 0 bridgehead atoms. The molecule has 0 aliphatic carbocycles. The lowest BCUT2D eigenvalue weighted by Crippen LogP contribution is -2.42. The Balaban J connectivity index is 1.73. The van der Waals surface area contributed by atoms with E-state index in [0.717, 1.165) is 32.4 Å². The monoisotopic (exact) mass is 550 g/mol. The maximum absolute atomic E-state index is 12.3. The quantitative estimate of drug-likeness (QED) is 0.0779. The summed E-state index contributed by atoms with van der Waals surface area (Å²) < 4.78 is 5.87. The lowest BCUT2D eigenvalue weighted by Gasteiger charge is -2.36. The number of nitrogens with one attached hydrogen (secondary N) is 1. The molecule has 1 heterocycles. The molecule has 0 aromatic carbocycles. The third kappa shape index (κ3) is 22.8. The van der Waals surface area contributed by atoms with Crippen LogP contribution in [-0.4, -0.2) is 24.7 Å². The lowest BCUT2D eigenvalue weighted by molar-refractivity contribution is -0.162. The first-order valence-corrected chi connectivity index (χ1v) is 18.0. The molecule has 0 unspecified atom stereocenters. The first-order chi connectivity index (χ1) is 19.1. The smallest absolute Gasteiger partial charge is 0.306 e. The van der Waals surface area contributed by atoms with Gasteiger partial charge in [0.2, 0.25) is 0 Å². The van der Waals surface area contributed by atoms with Crippen molar-refractivity contribution in [2.24, 2.45) is 5.92 Å². The third-order valence-electron chi connectivity index (χ3n) is 9.18. The largest absolute Gasteiger partial charge is 0.459 e. The van der Waals surface area contributed by atoms with Gasteiger partial charge >= 0.3 is 5.97 Å². The molecule has 0 aromatic heterocycles. The van der Waals surface area contributed by atoms with Crippen molar-refractivity contribution in [3.8, 4) is 0 Å². The maximum Gasteiger partial charge on any atom is 0.306 e. The van der Waals surface area contributed by atoms with Gasteiger partial charge in [-0.15, -0.1) is 0 Å². The van der Waals surface area contributed by atoms with Crippen molar-refractivity contribution in [2.75, 3.05) is 13.1 Å². The van der Waals surface area contributed by atoms with E-state index in [-0.39, 0.29) is 11.6 Å². The molecule has 1 aliphatic rings. The average Bonchev–Trinajstić information content (AvgIpc) is 2.93. The molecule has 0 aromatic rings. The molecule has 3 nitrogen and oxygen atoms in total. The first-order valence-electron chi connectivity index (χ1n) is 18.0. The number of hydrogen-bond acceptors (Lipinski definition) is 3. The van der Waals surface area contributed by atoms with E-state index in [1.54, 1.807) is 0 Å². The minimum Gasteiger partial charge on any atom is -0.459 e. The topological polar surface area (TPSA) is 38.3 Å². The van der Waals surface area contributed by atoms with Gasteiger partial charge in [0.15, 0.2) is 0 Å². The van der Waals surface area contributed by atoms with Crippen LogP contribution >= 0.6 is 0 Å². The number of hydrogen-bond donors (Lipinski definition) is 1. The standard InChI is InChI=1S/C36H71NO2/c1-4-5-6-7-8-9-10-11-12-13-14-15-16-17-18-19-20-21-22-23-24-25-26-27-28-29-35(38)39-36(2,3)34-30-32-37-33-31-34/h34,37H,4-33H2,1-3H3. The van der Waals surface area contributed by atoms with Crippen molar-refractivity contribution in [3.63, 3.8) is 0 Å². The summed E-state index contributed by atoms with van der Waals surface area (Å²) in [5.74, 6) is 0.499. The summed E-state index contributed by atoms with van der Waals surface area (Å²) in [6.07, 6.45) is 37.9. The molecule has 0 spiro atoms. The molecule has 0 radical (unpaired) electrons.